The van der Waals surface area contributed by atoms with Gasteiger partial charge in [0.05, 0.1) is 6.10 Å². The molecule has 94 valence electrons. The Kier molecular flexibility index (Phi) is 4.06. The Morgan fingerprint density at radius 2 is 2.12 bits per heavy atom. The van der Waals surface area contributed by atoms with Crippen LogP contribution in [0, 0.1) is 13.8 Å². The number of hydrogen-bond donors (Lipinski definition) is 1. The summed E-state index contributed by atoms with van der Waals surface area (Å²) < 4.78 is 5.99. The predicted octanol–water partition coefficient (Wildman–Crippen LogP) is 3.21. The summed E-state index contributed by atoms with van der Waals surface area (Å²) in [5.41, 5.74) is 2.48. The lowest BCUT2D eigenvalue weighted by Crippen LogP contribution is -2.23. The number of hydrogen-bond acceptors (Lipinski definition) is 2. The molecule has 0 heterocycles. The van der Waals surface area contributed by atoms with E-state index in [0.717, 1.165) is 24.8 Å². The zero-order valence-corrected chi connectivity index (χ0v) is 11.1. The van der Waals surface area contributed by atoms with Crippen molar-refractivity contribution in [3.05, 3.63) is 29.3 Å². The SMILES string of the molecule is Cc1ccc(C)c(OC(C)CCNC2CC2)c1. The van der Waals surface area contributed by atoms with Crippen LogP contribution in [0.25, 0.3) is 0 Å². The number of nitrogens with one attached hydrogen (secondary N) is 1. The van der Waals surface area contributed by atoms with Gasteiger partial charge in [-0.2, -0.15) is 0 Å². The van der Waals surface area contributed by atoms with E-state index in [0.29, 0.717) is 0 Å². The van der Waals surface area contributed by atoms with Crippen LogP contribution < -0.4 is 10.1 Å². The first-order valence-corrected chi connectivity index (χ1v) is 6.62. The van der Waals surface area contributed by atoms with Gasteiger partial charge in [-0.15, -0.1) is 0 Å². The van der Waals surface area contributed by atoms with E-state index in [1.165, 1.54) is 24.0 Å². The van der Waals surface area contributed by atoms with Gasteiger partial charge in [-0.1, -0.05) is 12.1 Å². The average Bonchev–Trinajstić information content (AvgIpc) is 3.07. The van der Waals surface area contributed by atoms with Crippen molar-refractivity contribution in [3.8, 4) is 5.75 Å². The summed E-state index contributed by atoms with van der Waals surface area (Å²) in [7, 11) is 0. The van der Waals surface area contributed by atoms with Crippen LogP contribution >= 0.6 is 0 Å². The third kappa shape index (κ3) is 4.04. The molecular weight excluding hydrogens is 210 g/mol. The van der Waals surface area contributed by atoms with Gasteiger partial charge < -0.3 is 10.1 Å². The summed E-state index contributed by atoms with van der Waals surface area (Å²) in [5, 5.41) is 3.52. The molecule has 17 heavy (non-hydrogen) atoms. The number of ether oxygens (including phenoxy) is 1. The summed E-state index contributed by atoms with van der Waals surface area (Å²) >= 11 is 0. The van der Waals surface area contributed by atoms with Gasteiger partial charge in [0.15, 0.2) is 0 Å². The molecule has 1 aromatic carbocycles. The lowest BCUT2D eigenvalue weighted by atomic mass is 10.1. The summed E-state index contributed by atoms with van der Waals surface area (Å²) in [5.74, 6) is 1.03. The highest BCUT2D eigenvalue weighted by Crippen LogP contribution is 2.21. The van der Waals surface area contributed by atoms with Crippen molar-refractivity contribution < 1.29 is 4.74 Å². The summed E-state index contributed by atoms with van der Waals surface area (Å²) in [4.78, 5) is 0. The number of benzene rings is 1. The highest BCUT2D eigenvalue weighted by atomic mass is 16.5. The molecule has 2 heteroatoms. The van der Waals surface area contributed by atoms with E-state index in [4.69, 9.17) is 4.74 Å². The monoisotopic (exact) mass is 233 g/mol. The average molecular weight is 233 g/mol. The van der Waals surface area contributed by atoms with Gasteiger partial charge in [-0.05, 0) is 63.8 Å². The molecule has 0 bridgehead atoms. The van der Waals surface area contributed by atoms with Crippen LogP contribution in [-0.2, 0) is 0 Å². The maximum absolute atomic E-state index is 5.99. The van der Waals surface area contributed by atoms with Crippen LogP contribution in [0.5, 0.6) is 5.75 Å². The Balaban J connectivity index is 1.79. The van der Waals surface area contributed by atoms with Crippen molar-refractivity contribution >= 4 is 0 Å². The third-order valence-corrected chi connectivity index (χ3v) is 3.23. The molecule has 2 nitrogen and oxygen atoms in total. The largest absolute Gasteiger partial charge is 0.490 e. The van der Waals surface area contributed by atoms with Gasteiger partial charge in [0, 0.05) is 6.04 Å². The minimum absolute atomic E-state index is 0.279. The highest BCUT2D eigenvalue weighted by Gasteiger charge is 2.20. The minimum Gasteiger partial charge on any atom is -0.490 e. The molecule has 1 aliphatic carbocycles. The molecular formula is C15H23NO. The summed E-state index contributed by atoms with van der Waals surface area (Å²) in [6.07, 6.45) is 4.06. The van der Waals surface area contributed by atoms with Gasteiger partial charge in [-0.25, -0.2) is 0 Å². The summed E-state index contributed by atoms with van der Waals surface area (Å²) in [6, 6.07) is 7.17. The van der Waals surface area contributed by atoms with Gasteiger partial charge in [0.2, 0.25) is 0 Å². The highest BCUT2D eigenvalue weighted by molar-refractivity contribution is 5.36. The van der Waals surface area contributed by atoms with Crippen molar-refractivity contribution in [3.63, 3.8) is 0 Å². The molecule has 1 unspecified atom stereocenters. The van der Waals surface area contributed by atoms with E-state index in [1.54, 1.807) is 0 Å². The van der Waals surface area contributed by atoms with E-state index in [-0.39, 0.29) is 6.10 Å². The fourth-order valence-corrected chi connectivity index (χ4v) is 1.89. The van der Waals surface area contributed by atoms with Gasteiger partial charge in [0.25, 0.3) is 0 Å². The van der Waals surface area contributed by atoms with E-state index in [1.807, 2.05) is 0 Å². The molecule has 0 aliphatic heterocycles. The van der Waals surface area contributed by atoms with Crippen LogP contribution in [0.15, 0.2) is 18.2 Å². The molecule has 0 aromatic heterocycles. The van der Waals surface area contributed by atoms with E-state index >= 15 is 0 Å². The Hall–Kier alpha value is -1.02. The molecule has 0 saturated heterocycles. The van der Waals surface area contributed by atoms with Gasteiger partial charge in [-0.3, -0.25) is 0 Å². The topological polar surface area (TPSA) is 21.3 Å². The summed E-state index contributed by atoms with van der Waals surface area (Å²) in [6.45, 7) is 7.42. The Labute approximate surface area is 104 Å². The molecule has 0 amide bonds. The zero-order chi connectivity index (χ0) is 12.3. The maximum Gasteiger partial charge on any atom is 0.122 e. The molecule has 0 spiro atoms. The van der Waals surface area contributed by atoms with Crippen LogP contribution in [0.3, 0.4) is 0 Å². The molecule has 1 atom stereocenters. The lowest BCUT2D eigenvalue weighted by Gasteiger charge is -2.17. The number of aryl methyl sites for hydroxylation is 2. The lowest BCUT2D eigenvalue weighted by molar-refractivity contribution is 0.208. The Bertz CT molecular complexity index is 371. The molecule has 1 aromatic rings. The minimum atomic E-state index is 0.279. The van der Waals surface area contributed by atoms with E-state index in [9.17, 15) is 0 Å². The maximum atomic E-state index is 5.99. The first kappa shape index (κ1) is 12.4. The molecule has 0 radical (unpaired) electrons. The second-order valence-electron chi connectivity index (χ2n) is 5.21. The van der Waals surface area contributed by atoms with Crippen LogP contribution in [0.1, 0.15) is 37.3 Å². The molecule has 2 rings (SSSR count). The van der Waals surface area contributed by atoms with E-state index in [2.05, 4.69) is 44.3 Å². The van der Waals surface area contributed by atoms with Gasteiger partial charge >= 0.3 is 0 Å². The van der Waals surface area contributed by atoms with Crippen molar-refractivity contribution in [1.82, 2.24) is 5.32 Å². The smallest absolute Gasteiger partial charge is 0.122 e. The fraction of sp³-hybridized carbons (Fsp3) is 0.600. The quantitative estimate of drug-likeness (QED) is 0.814. The molecule has 1 aliphatic rings. The molecule has 1 saturated carbocycles. The van der Waals surface area contributed by atoms with Crippen LogP contribution in [-0.4, -0.2) is 18.7 Å². The molecule has 1 fully saturated rings. The van der Waals surface area contributed by atoms with Crippen molar-refractivity contribution in [1.29, 1.82) is 0 Å². The van der Waals surface area contributed by atoms with Crippen molar-refractivity contribution in [2.24, 2.45) is 0 Å². The van der Waals surface area contributed by atoms with E-state index < -0.39 is 0 Å². The standard InChI is InChI=1S/C15H23NO/c1-11-4-5-12(2)15(10-11)17-13(3)8-9-16-14-6-7-14/h4-5,10,13-14,16H,6-9H2,1-3H3. The zero-order valence-electron chi connectivity index (χ0n) is 11.1. The second kappa shape index (κ2) is 5.54. The normalized spacial score (nSPS) is 16.9. The van der Waals surface area contributed by atoms with Crippen LogP contribution in [0.2, 0.25) is 0 Å². The van der Waals surface area contributed by atoms with Gasteiger partial charge in [0.1, 0.15) is 5.75 Å². The third-order valence-electron chi connectivity index (χ3n) is 3.23. The second-order valence-corrected chi connectivity index (χ2v) is 5.21. The predicted molar refractivity (Wildman–Crippen MR) is 71.6 cm³/mol. The Morgan fingerprint density at radius 3 is 2.82 bits per heavy atom. The van der Waals surface area contributed by atoms with Crippen molar-refractivity contribution in [2.45, 2.75) is 52.2 Å². The first-order chi connectivity index (χ1) is 8.15. The number of rotatable bonds is 6. The molecule has 1 N–H and O–H groups in total. The Morgan fingerprint density at radius 1 is 1.35 bits per heavy atom. The van der Waals surface area contributed by atoms with Crippen LogP contribution in [0.4, 0.5) is 0 Å². The van der Waals surface area contributed by atoms with Crippen molar-refractivity contribution in [2.75, 3.05) is 6.54 Å². The fourth-order valence-electron chi connectivity index (χ4n) is 1.89. The first-order valence-electron chi connectivity index (χ1n) is 6.62.